The zero-order valence-electron chi connectivity index (χ0n) is 13.8. The van der Waals surface area contributed by atoms with Crippen molar-refractivity contribution in [2.75, 3.05) is 5.32 Å². The Bertz CT molecular complexity index is 840. The molecule has 3 rings (SSSR count). The third-order valence-corrected chi connectivity index (χ3v) is 6.47. The smallest absolute Gasteiger partial charge is 0.275 e. The molecule has 0 saturated heterocycles. The number of carbonyl (C=O) groups excluding carboxylic acids is 2. The maximum Gasteiger partial charge on any atom is 0.275 e. The Labute approximate surface area is 152 Å². The molecule has 3 N–H and O–H groups in total. The van der Waals surface area contributed by atoms with E-state index in [-0.39, 0.29) is 5.91 Å². The van der Waals surface area contributed by atoms with E-state index in [1.807, 2.05) is 6.92 Å². The average Bonchev–Trinajstić information content (AvgIpc) is 2.95. The maximum absolute atomic E-state index is 12.7. The molecule has 0 radical (unpaired) electrons. The molecule has 2 heterocycles. The quantitative estimate of drug-likeness (QED) is 0.814. The topological polar surface area (TPSA) is 90.0 Å². The fraction of sp³-hybridized carbons (Fsp3) is 0.438. The van der Waals surface area contributed by atoms with Gasteiger partial charge in [-0.25, -0.2) is 0 Å². The summed E-state index contributed by atoms with van der Waals surface area (Å²) in [6.07, 6.45) is 2.78. The van der Waals surface area contributed by atoms with Crippen LogP contribution in [0, 0.1) is 12.8 Å². The fourth-order valence-electron chi connectivity index (χ4n) is 3.14. The van der Waals surface area contributed by atoms with E-state index in [0.29, 0.717) is 26.6 Å². The third kappa shape index (κ3) is 2.88. The van der Waals surface area contributed by atoms with Crippen molar-refractivity contribution in [1.82, 2.24) is 9.78 Å². The second kappa shape index (κ2) is 6.33. The van der Waals surface area contributed by atoms with E-state index in [9.17, 15) is 9.59 Å². The summed E-state index contributed by atoms with van der Waals surface area (Å²) in [4.78, 5) is 25.8. The maximum atomic E-state index is 12.7. The zero-order valence-corrected chi connectivity index (χ0v) is 16.2. The second-order valence-electron chi connectivity index (χ2n) is 6.25. The molecule has 1 atom stereocenters. The summed E-state index contributed by atoms with van der Waals surface area (Å²) >= 11 is 4.85. The molecule has 0 saturated carbocycles. The van der Waals surface area contributed by atoms with Gasteiger partial charge in [-0.05, 0) is 53.6 Å². The van der Waals surface area contributed by atoms with Crippen molar-refractivity contribution >= 4 is 44.1 Å². The van der Waals surface area contributed by atoms with Gasteiger partial charge >= 0.3 is 0 Å². The molecule has 0 bridgehead atoms. The van der Waals surface area contributed by atoms with E-state index in [4.69, 9.17) is 5.73 Å². The first-order valence-electron chi connectivity index (χ1n) is 7.74. The highest BCUT2D eigenvalue weighted by atomic mass is 79.9. The molecule has 2 amide bonds. The molecule has 24 heavy (non-hydrogen) atoms. The number of carbonyl (C=O) groups is 2. The number of hydrogen-bond donors (Lipinski definition) is 2. The number of thiophene rings is 1. The van der Waals surface area contributed by atoms with Gasteiger partial charge in [0, 0.05) is 11.9 Å². The molecule has 8 heteroatoms. The number of nitrogens with two attached hydrogens (primary N) is 1. The largest absolute Gasteiger partial charge is 0.365 e. The molecule has 0 spiro atoms. The van der Waals surface area contributed by atoms with Gasteiger partial charge in [0.2, 0.25) is 0 Å². The fourth-order valence-corrected chi connectivity index (χ4v) is 5.07. The van der Waals surface area contributed by atoms with Crippen LogP contribution in [0.5, 0.6) is 0 Å². The summed E-state index contributed by atoms with van der Waals surface area (Å²) < 4.78 is 2.17. The van der Waals surface area contributed by atoms with Crippen LogP contribution < -0.4 is 11.1 Å². The second-order valence-corrected chi connectivity index (χ2v) is 8.14. The van der Waals surface area contributed by atoms with E-state index in [0.717, 1.165) is 35.4 Å². The molecule has 1 aliphatic carbocycles. The predicted molar refractivity (Wildman–Crippen MR) is 97.6 cm³/mol. The van der Waals surface area contributed by atoms with Gasteiger partial charge < -0.3 is 11.1 Å². The molecule has 0 aromatic carbocycles. The lowest BCUT2D eigenvalue weighted by Gasteiger charge is -2.18. The van der Waals surface area contributed by atoms with Crippen molar-refractivity contribution < 1.29 is 9.59 Å². The predicted octanol–water partition coefficient (Wildman–Crippen LogP) is 3.03. The lowest BCUT2D eigenvalue weighted by atomic mass is 9.88. The van der Waals surface area contributed by atoms with E-state index >= 15 is 0 Å². The van der Waals surface area contributed by atoms with Crippen molar-refractivity contribution in [2.45, 2.75) is 33.1 Å². The molecule has 1 aliphatic rings. The van der Waals surface area contributed by atoms with Crippen LogP contribution in [0.25, 0.3) is 0 Å². The Balaban J connectivity index is 1.98. The Hall–Kier alpha value is -1.67. The summed E-state index contributed by atoms with van der Waals surface area (Å²) in [7, 11) is 1.71. The minimum absolute atomic E-state index is 0.306. The van der Waals surface area contributed by atoms with Gasteiger partial charge in [0.1, 0.15) is 10.7 Å². The van der Waals surface area contributed by atoms with Crippen molar-refractivity contribution in [3.63, 3.8) is 0 Å². The molecule has 0 unspecified atom stereocenters. The SMILES string of the molecule is Cc1nn(C)c(C(=O)Nc2sc3c(c2C(N)=O)CC[C@H](C)C3)c1Br. The van der Waals surface area contributed by atoms with Gasteiger partial charge in [-0.3, -0.25) is 14.3 Å². The average molecular weight is 411 g/mol. The number of aryl methyl sites for hydroxylation is 2. The van der Waals surface area contributed by atoms with E-state index in [1.165, 1.54) is 16.0 Å². The highest BCUT2D eigenvalue weighted by molar-refractivity contribution is 9.10. The standard InChI is InChI=1S/C16H19BrN4O2S/c1-7-4-5-9-10(6-7)24-16(11(9)14(18)22)19-15(23)13-12(17)8(2)20-21(13)3/h7H,4-6H2,1-3H3,(H2,18,22)(H,19,23)/t7-/m0/s1. The minimum Gasteiger partial charge on any atom is -0.365 e. The van der Waals surface area contributed by atoms with Crippen LogP contribution in [0.1, 0.15) is 50.3 Å². The summed E-state index contributed by atoms with van der Waals surface area (Å²) in [5.74, 6) is -0.217. The molecule has 2 aromatic heterocycles. The van der Waals surface area contributed by atoms with E-state index in [1.54, 1.807) is 7.05 Å². The summed E-state index contributed by atoms with van der Waals surface area (Å²) in [5, 5.41) is 7.63. The lowest BCUT2D eigenvalue weighted by Crippen LogP contribution is -2.20. The molecule has 128 valence electrons. The Morgan fingerprint density at radius 3 is 2.75 bits per heavy atom. The molecular formula is C16H19BrN4O2S. The van der Waals surface area contributed by atoms with E-state index < -0.39 is 5.91 Å². The van der Waals surface area contributed by atoms with Gasteiger partial charge in [-0.1, -0.05) is 6.92 Å². The third-order valence-electron chi connectivity index (χ3n) is 4.35. The number of hydrogen-bond acceptors (Lipinski definition) is 4. The van der Waals surface area contributed by atoms with Crippen LogP contribution in [0.2, 0.25) is 0 Å². The molecule has 2 aromatic rings. The van der Waals surface area contributed by atoms with Crippen molar-refractivity contribution in [3.8, 4) is 0 Å². The normalized spacial score (nSPS) is 16.8. The molecular weight excluding hydrogens is 392 g/mol. The monoisotopic (exact) mass is 410 g/mol. The molecule has 6 nitrogen and oxygen atoms in total. The van der Waals surface area contributed by atoms with E-state index in [2.05, 4.69) is 33.3 Å². The van der Waals surface area contributed by atoms with Crippen molar-refractivity contribution in [2.24, 2.45) is 18.7 Å². The Kier molecular flexibility index (Phi) is 4.52. The summed E-state index contributed by atoms with van der Waals surface area (Å²) in [6, 6.07) is 0. The summed E-state index contributed by atoms with van der Waals surface area (Å²) in [6.45, 7) is 4.02. The van der Waals surface area contributed by atoms with Crippen LogP contribution >= 0.6 is 27.3 Å². The first-order valence-corrected chi connectivity index (χ1v) is 9.35. The van der Waals surface area contributed by atoms with Crippen LogP contribution in [0.3, 0.4) is 0 Å². The van der Waals surface area contributed by atoms with Crippen molar-refractivity contribution in [3.05, 3.63) is 31.9 Å². The van der Waals surface area contributed by atoms with Gasteiger partial charge in [0.15, 0.2) is 0 Å². The first kappa shape index (κ1) is 17.2. The van der Waals surface area contributed by atoms with Gasteiger partial charge in [-0.2, -0.15) is 5.10 Å². The van der Waals surface area contributed by atoms with Gasteiger partial charge in [-0.15, -0.1) is 11.3 Å². The summed E-state index contributed by atoms with van der Waals surface area (Å²) in [5.41, 5.74) is 8.20. The zero-order chi connectivity index (χ0) is 17.6. The number of amides is 2. The molecule has 0 fully saturated rings. The van der Waals surface area contributed by atoms with Crippen molar-refractivity contribution in [1.29, 1.82) is 0 Å². The molecule has 0 aliphatic heterocycles. The number of nitrogens with zero attached hydrogens (tertiary/aromatic N) is 2. The van der Waals surface area contributed by atoms with Crippen LogP contribution in [0.4, 0.5) is 5.00 Å². The number of fused-ring (bicyclic) bond motifs is 1. The van der Waals surface area contributed by atoms with Crippen LogP contribution in [-0.4, -0.2) is 21.6 Å². The Morgan fingerprint density at radius 1 is 1.46 bits per heavy atom. The number of halogens is 1. The Morgan fingerprint density at radius 2 is 2.17 bits per heavy atom. The minimum atomic E-state index is -0.488. The van der Waals surface area contributed by atoms with Gasteiger partial charge in [0.25, 0.3) is 11.8 Å². The number of primary amides is 1. The van der Waals surface area contributed by atoms with Gasteiger partial charge in [0.05, 0.1) is 15.7 Å². The highest BCUT2D eigenvalue weighted by Gasteiger charge is 2.28. The first-order chi connectivity index (χ1) is 11.3. The lowest BCUT2D eigenvalue weighted by molar-refractivity contribution is 0.1000. The number of rotatable bonds is 3. The van der Waals surface area contributed by atoms with Crippen LogP contribution in [0.15, 0.2) is 4.47 Å². The van der Waals surface area contributed by atoms with Crippen LogP contribution in [-0.2, 0) is 19.9 Å². The number of aromatic nitrogens is 2. The number of anilines is 1. The highest BCUT2D eigenvalue weighted by Crippen LogP contribution is 2.39. The number of nitrogens with one attached hydrogen (secondary N) is 1.